The SMILES string of the molecule is Cc1noc(C)c1CNC(=O)Nc1ccnn1C[C@H]1CCOC1. The van der Waals surface area contributed by atoms with E-state index in [-0.39, 0.29) is 6.03 Å². The number of nitrogens with zero attached hydrogens (tertiary/aromatic N) is 3. The number of amides is 2. The predicted molar refractivity (Wildman–Crippen MR) is 83.0 cm³/mol. The fourth-order valence-corrected chi connectivity index (χ4v) is 2.64. The van der Waals surface area contributed by atoms with Crippen molar-refractivity contribution >= 4 is 11.8 Å². The van der Waals surface area contributed by atoms with E-state index in [1.54, 1.807) is 16.9 Å². The van der Waals surface area contributed by atoms with E-state index in [9.17, 15) is 4.79 Å². The number of carbonyl (C=O) groups excluding carboxylic acids is 1. The monoisotopic (exact) mass is 319 g/mol. The van der Waals surface area contributed by atoms with Crippen LogP contribution in [-0.4, -0.2) is 34.2 Å². The van der Waals surface area contributed by atoms with Gasteiger partial charge in [0, 0.05) is 37.2 Å². The van der Waals surface area contributed by atoms with Gasteiger partial charge in [-0.25, -0.2) is 9.48 Å². The summed E-state index contributed by atoms with van der Waals surface area (Å²) >= 11 is 0. The van der Waals surface area contributed by atoms with E-state index >= 15 is 0 Å². The van der Waals surface area contributed by atoms with Gasteiger partial charge >= 0.3 is 6.03 Å². The third kappa shape index (κ3) is 3.70. The Bertz CT molecular complexity index is 653. The third-order valence-corrected chi connectivity index (χ3v) is 4.02. The molecule has 0 aromatic carbocycles. The Balaban J connectivity index is 1.55. The molecule has 124 valence electrons. The number of carbonyl (C=O) groups is 1. The van der Waals surface area contributed by atoms with E-state index in [4.69, 9.17) is 9.26 Å². The number of aromatic nitrogens is 3. The highest BCUT2D eigenvalue weighted by Crippen LogP contribution is 2.17. The van der Waals surface area contributed by atoms with Crippen LogP contribution >= 0.6 is 0 Å². The first kappa shape index (κ1) is 15.5. The number of rotatable bonds is 5. The molecule has 2 aromatic rings. The van der Waals surface area contributed by atoms with E-state index in [0.29, 0.717) is 24.0 Å². The van der Waals surface area contributed by atoms with E-state index in [1.807, 2.05) is 13.8 Å². The molecule has 0 radical (unpaired) electrons. The van der Waals surface area contributed by atoms with Gasteiger partial charge in [-0.1, -0.05) is 5.16 Å². The number of urea groups is 1. The lowest BCUT2D eigenvalue weighted by Gasteiger charge is -2.12. The van der Waals surface area contributed by atoms with Crippen molar-refractivity contribution in [2.24, 2.45) is 5.92 Å². The first-order valence-electron chi connectivity index (χ1n) is 7.69. The zero-order chi connectivity index (χ0) is 16.2. The van der Waals surface area contributed by atoms with Gasteiger partial charge in [0.15, 0.2) is 0 Å². The molecular formula is C15H21N5O3. The topological polar surface area (TPSA) is 94.2 Å². The minimum atomic E-state index is -0.283. The zero-order valence-electron chi connectivity index (χ0n) is 13.3. The molecule has 3 rings (SSSR count). The summed E-state index contributed by atoms with van der Waals surface area (Å²) in [6.45, 7) is 6.34. The van der Waals surface area contributed by atoms with E-state index in [1.165, 1.54) is 0 Å². The maximum atomic E-state index is 12.1. The van der Waals surface area contributed by atoms with Crippen LogP contribution < -0.4 is 10.6 Å². The van der Waals surface area contributed by atoms with Gasteiger partial charge in [0.1, 0.15) is 11.6 Å². The third-order valence-electron chi connectivity index (χ3n) is 4.02. The summed E-state index contributed by atoms with van der Waals surface area (Å²) in [5.41, 5.74) is 1.69. The van der Waals surface area contributed by atoms with Crippen molar-refractivity contribution in [2.45, 2.75) is 33.4 Å². The fourth-order valence-electron chi connectivity index (χ4n) is 2.64. The molecule has 1 fully saturated rings. The van der Waals surface area contributed by atoms with Crippen LogP contribution in [0.5, 0.6) is 0 Å². The summed E-state index contributed by atoms with van der Waals surface area (Å²) in [4.78, 5) is 12.1. The Morgan fingerprint density at radius 2 is 2.35 bits per heavy atom. The smallest absolute Gasteiger partial charge is 0.320 e. The lowest BCUT2D eigenvalue weighted by molar-refractivity contribution is 0.181. The Morgan fingerprint density at radius 3 is 3.04 bits per heavy atom. The van der Waals surface area contributed by atoms with Crippen molar-refractivity contribution in [2.75, 3.05) is 18.5 Å². The van der Waals surface area contributed by atoms with Crippen LogP contribution in [0.3, 0.4) is 0 Å². The first-order chi connectivity index (χ1) is 11.1. The number of ether oxygens (including phenoxy) is 1. The van der Waals surface area contributed by atoms with Crippen molar-refractivity contribution < 1.29 is 14.1 Å². The molecule has 0 aliphatic carbocycles. The van der Waals surface area contributed by atoms with Gasteiger partial charge in [-0.3, -0.25) is 5.32 Å². The molecule has 0 bridgehead atoms. The van der Waals surface area contributed by atoms with E-state index < -0.39 is 0 Å². The highest BCUT2D eigenvalue weighted by molar-refractivity contribution is 5.88. The Labute approximate surface area is 134 Å². The summed E-state index contributed by atoms with van der Waals surface area (Å²) in [6, 6.07) is 1.50. The molecule has 0 spiro atoms. The lowest BCUT2D eigenvalue weighted by atomic mass is 10.1. The molecule has 0 saturated carbocycles. The predicted octanol–water partition coefficient (Wildman–Crippen LogP) is 1.85. The van der Waals surface area contributed by atoms with Crippen molar-refractivity contribution in [3.8, 4) is 0 Å². The second-order valence-corrected chi connectivity index (χ2v) is 5.74. The molecule has 8 heteroatoms. The molecule has 2 aromatic heterocycles. The van der Waals surface area contributed by atoms with Crippen molar-refractivity contribution in [1.82, 2.24) is 20.3 Å². The largest absolute Gasteiger partial charge is 0.381 e. The van der Waals surface area contributed by atoms with Crippen LogP contribution in [0.2, 0.25) is 0 Å². The van der Waals surface area contributed by atoms with Crippen molar-refractivity contribution in [3.05, 3.63) is 29.3 Å². The molecule has 1 atom stereocenters. The van der Waals surface area contributed by atoms with Gasteiger partial charge in [-0.15, -0.1) is 0 Å². The number of aryl methyl sites for hydroxylation is 2. The molecule has 23 heavy (non-hydrogen) atoms. The zero-order valence-corrected chi connectivity index (χ0v) is 13.3. The number of anilines is 1. The van der Waals surface area contributed by atoms with Gasteiger partial charge in [0.25, 0.3) is 0 Å². The van der Waals surface area contributed by atoms with Gasteiger partial charge < -0.3 is 14.6 Å². The van der Waals surface area contributed by atoms with Gasteiger partial charge in [0.05, 0.1) is 18.5 Å². The molecule has 3 heterocycles. The summed E-state index contributed by atoms with van der Waals surface area (Å²) in [7, 11) is 0. The summed E-state index contributed by atoms with van der Waals surface area (Å²) in [5.74, 6) is 1.84. The number of hydrogen-bond acceptors (Lipinski definition) is 5. The number of hydrogen-bond donors (Lipinski definition) is 2. The molecule has 1 aliphatic rings. The second-order valence-electron chi connectivity index (χ2n) is 5.74. The van der Waals surface area contributed by atoms with E-state index in [2.05, 4.69) is 20.9 Å². The molecular weight excluding hydrogens is 298 g/mol. The van der Waals surface area contributed by atoms with Crippen LogP contribution in [0.1, 0.15) is 23.4 Å². The average molecular weight is 319 g/mol. The Hall–Kier alpha value is -2.35. The number of nitrogens with one attached hydrogen (secondary N) is 2. The maximum absolute atomic E-state index is 12.1. The molecule has 8 nitrogen and oxygen atoms in total. The molecule has 2 N–H and O–H groups in total. The Morgan fingerprint density at radius 1 is 1.48 bits per heavy atom. The van der Waals surface area contributed by atoms with E-state index in [0.717, 1.165) is 37.4 Å². The quantitative estimate of drug-likeness (QED) is 0.877. The van der Waals surface area contributed by atoms with Crippen LogP contribution in [-0.2, 0) is 17.8 Å². The molecule has 0 unspecified atom stereocenters. The highest BCUT2D eigenvalue weighted by atomic mass is 16.5. The van der Waals surface area contributed by atoms with Crippen LogP contribution in [0, 0.1) is 19.8 Å². The van der Waals surface area contributed by atoms with Crippen molar-refractivity contribution in [3.63, 3.8) is 0 Å². The summed E-state index contributed by atoms with van der Waals surface area (Å²) in [6.07, 6.45) is 2.71. The highest BCUT2D eigenvalue weighted by Gasteiger charge is 2.18. The molecule has 1 aliphatic heterocycles. The fraction of sp³-hybridized carbons (Fsp3) is 0.533. The van der Waals surface area contributed by atoms with Crippen LogP contribution in [0.4, 0.5) is 10.6 Å². The average Bonchev–Trinajstić information content (AvgIpc) is 3.24. The van der Waals surface area contributed by atoms with Gasteiger partial charge in [0.2, 0.25) is 0 Å². The van der Waals surface area contributed by atoms with Crippen LogP contribution in [0.25, 0.3) is 0 Å². The summed E-state index contributed by atoms with van der Waals surface area (Å²) < 4.78 is 12.3. The lowest BCUT2D eigenvalue weighted by Crippen LogP contribution is -2.30. The van der Waals surface area contributed by atoms with Gasteiger partial charge in [-0.2, -0.15) is 5.10 Å². The standard InChI is InChI=1S/C15H21N5O3/c1-10-13(11(2)23-19-10)7-16-15(21)18-14-3-5-17-20(14)8-12-4-6-22-9-12/h3,5,12H,4,6-9H2,1-2H3,(H2,16,18,21)/t12-/m1/s1. The Kier molecular flexibility index (Phi) is 4.61. The first-order valence-corrected chi connectivity index (χ1v) is 7.69. The minimum Gasteiger partial charge on any atom is -0.381 e. The second kappa shape index (κ2) is 6.82. The van der Waals surface area contributed by atoms with Crippen LogP contribution in [0.15, 0.2) is 16.8 Å². The molecule has 2 amide bonds. The maximum Gasteiger partial charge on any atom is 0.320 e. The molecule has 1 saturated heterocycles. The summed E-state index contributed by atoms with van der Waals surface area (Å²) in [5, 5.41) is 13.8. The normalized spacial score (nSPS) is 17.4. The minimum absolute atomic E-state index is 0.283. The van der Waals surface area contributed by atoms with Crippen molar-refractivity contribution in [1.29, 1.82) is 0 Å². The van der Waals surface area contributed by atoms with Gasteiger partial charge in [-0.05, 0) is 20.3 Å².